The van der Waals surface area contributed by atoms with Crippen LogP contribution in [0.2, 0.25) is 0 Å². The minimum absolute atomic E-state index is 0.00835. The number of para-hydroxylation sites is 2. The van der Waals surface area contributed by atoms with Gasteiger partial charge in [0.05, 0.1) is 11.4 Å². The van der Waals surface area contributed by atoms with Gasteiger partial charge in [-0.1, -0.05) is 193 Å². The average Bonchev–Trinajstić information content (AvgIpc) is 3.39. The van der Waals surface area contributed by atoms with E-state index in [4.69, 9.17) is 0 Å². The first kappa shape index (κ1) is 49.4. The molecule has 0 fully saturated rings. The molecule has 0 saturated carbocycles. The molecule has 74 heavy (non-hydrogen) atoms. The van der Waals surface area contributed by atoms with Crippen molar-refractivity contribution >= 4 is 74.3 Å². The van der Waals surface area contributed by atoms with E-state index < -0.39 is 0 Å². The Morgan fingerprint density at radius 1 is 0.432 bits per heavy atom. The third kappa shape index (κ3) is 8.28. The molecule has 8 aromatic carbocycles. The fraction of sp³-hybridized carbons (Fsp3) is 0.314. The second-order valence-electron chi connectivity index (χ2n) is 26.3. The first-order chi connectivity index (χ1) is 34.9. The molecule has 0 amide bonds. The van der Waals surface area contributed by atoms with Crippen LogP contribution in [0.25, 0.3) is 11.1 Å². The topological polar surface area (TPSA) is 9.72 Å². The zero-order valence-electron chi connectivity index (χ0n) is 46.9. The van der Waals surface area contributed by atoms with Crippen molar-refractivity contribution in [3.8, 4) is 11.1 Å². The zero-order valence-corrected chi connectivity index (χ0v) is 46.9. The molecule has 2 heterocycles. The van der Waals surface area contributed by atoms with Crippen LogP contribution in [-0.2, 0) is 27.1 Å². The molecule has 1 aliphatic carbocycles. The Hall–Kier alpha value is -6.78. The summed E-state index contributed by atoms with van der Waals surface area (Å²) in [7, 11) is 0. The Bertz CT molecular complexity index is 3440. The van der Waals surface area contributed by atoms with Gasteiger partial charge in [0, 0.05) is 45.4 Å². The molecule has 0 atom stereocenters. The molecule has 0 aromatic heterocycles. The Morgan fingerprint density at radius 2 is 0.905 bits per heavy atom. The molecule has 374 valence electrons. The lowest BCUT2D eigenvalue weighted by Gasteiger charge is -2.48. The van der Waals surface area contributed by atoms with E-state index in [1.807, 2.05) is 0 Å². The molecular weight excluding hydrogens is 894 g/mol. The van der Waals surface area contributed by atoms with E-state index >= 15 is 0 Å². The van der Waals surface area contributed by atoms with Gasteiger partial charge in [0.15, 0.2) is 0 Å². The number of fused-ring (bicyclic) bond motifs is 5. The highest BCUT2D eigenvalue weighted by Crippen LogP contribution is 2.54. The quantitative estimate of drug-likeness (QED) is 0.154. The molecule has 3 nitrogen and oxygen atoms in total. The van der Waals surface area contributed by atoms with Crippen molar-refractivity contribution in [2.75, 3.05) is 14.7 Å². The molecule has 4 heteroatoms. The monoisotopic (exact) mass is 970 g/mol. The van der Waals surface area contributed by atoms with Crippen molar-refractivity contribution < 1.29 is 0 Å². The van der Waals surface area contributed by atoms with Crippen LogP contribution in [-0.4, -0.2) is 6.71 Å². The summed E-state index contributed by atoms with van der Waals surface area (Å²) in [6.45, 7) is 35.4. The SMILES string of the molecule is Cc1ccccc1N(c1cc2c3c(c1)N(c1ccc(C(C)(C)C)cc1-c1ccccc1)c1cc4c(cc1B3c1cc(C(C)(C)C)ccc1N2c1ccc(C(C)(C)C)cc1)C(C)(C)CCC4(C)C)c1ccccc1C. The van der Waals surface area contributed by atoms with E-state index in [9.17, 15) is 0 Å². The van der Waals surface area contributed by atoms with Gasteiger partial charge in [0.1, 0.15) is 0 Å². The molecule has 0 unspecified atom stereocenters. The third-order valence-corrected chi connectivity index (χ3v) is 17.0. The lowest BCUT2D eigenvalue weighted by Crippen LogP contribution is -2.62. The predicted octanol–water partition coefficient (Wildman–Crippen LogP) is 17.8. The highest BCUT2D eigenvalue weighted by molar-refractivity contribution is 7.00. The number of aryl methyl sites for hydroxylation is 2. The number of benzene rings is 8. The van der Waals surface area contributed by atoms with Crippen molar-refractivity contribution in [2.24, 2.45) is 0 Å². The van der Waals surface area contributed by atoms with Crippen LogP contribution in [0, 0.1) is 13.8 Å². The summed E-state index contributed by atoms with van der Waals surface area (Å²) < 4.78 is 0. The van der Waals surface area contributed by atoms with Crippen molar-refractivity contribution in [3.63, 3.8) is 0 Å². The molecule has 11 rings (SSSR count). The fourth-order valence-electron chi connectivity index (χ4n) is 12.4. The maximum absolute atomic E-state index is 2.70. The lowest BCUT2D eigenvalue weighted by atomic mass is 9.33. The summed E-state index contributed by atoms with van der Waals surface area (Å²) in [4.78, 5) is 7.84. The lowest BCUT2D eigenvalue weighted by molar-refractivity contribution is 0.332. The predicted molar refractivity (Wildman–Crippen MR) is 321 cm³/mol. The van der Waals surface area contributed by atoms with E-state index in [0.29, 0.717) is 0 Å². The van der Waals surface area contributed by atoms with Crippen molar-refractivity contribution in [2.45, 2.75) is 144 Å². The molecule has 8 aromatic rings. The summed E-state index contributed by atoms with van der Waals surface area (Å²) >= 11 is 0. The van der Waals surface area contributed by atoms with Gasteiger partial charge in [-0.05, 0) is 175 Å². The van der Waals surface area contributed by atoms with E-state index in [1.54, 1.807) is 0 Å². The largest absolute Gasteiger partial charge is 0.311 e. The number of anilines is 9. The molecule has 0 spiro atoms. The Morgan fingerprint density at radius 3 is 1.46 bits per heavy atom. The molecule has 0 bridgehead atoms. The summed E-state index contributed by atoms with van der Waals surface area (Å²) in [6, 6.07) is 63.6. The van der Waals surface area contributed by atoms with Crippen LogP contribution < -0.4 is 31.1 Å². The standard InChI is InChI=1S/C70H76BN3/c1-45-23-19-21-27-58(45)73(59-28-22-20-24-46(59)2)52-41-63-65-64(42-52)74(60-35-31-49(67(6,7)8)39-53(60)47-25-17-16-18-26-47)62-44-55-54(69(12,13)37-38-70(55,14)15)43-57(62)71(65)56-40-50(68(9,10)11)32-36-61(56)72(63)51-33-29-48(30-34-51)66(3,4)5/h16-36,39-44H,37-38H2,1-15H3. The van der Waals surface area contributed by atoms with Crippen LogP contribution >= 0.6 is 0 Å². The Kier molecular flexibility index (Phi) is 11.6. The number of nitrogens with zero attached hydrogens (tertiary/aromatic N) is 3. The number of hydrogen-bond donors (Lipinski definition) is 0. The molecule has 0 N–H and O–H groups in total. The smallest absolute Gasteiger partial charge is 0.252 e. The van der Waals surface area contributed by atoms with Crippen molar-refractivity contribution in [1.82, 2.24) is 0 Å². The minimum atomic E-state index is -0.0619. The minimum Gasteiger partial charge on any atom is -0.311 e. The summed E-state index contributed by atoms with van der Waals surface area (Å²) in [5.74, 6) is 0. The normalized spacial score (nSPS) is 15.5. The maximum Gasteiger partial charge on any atom is 0.252 e. The van der Waals surface area contributed by atoms with Gasteiger partial charge in [-0.3, -0.25) is 0 Å². The van der Waals surface area contributed by atoms with Crippen molar-refractivity contribution in [3.05, 3.63) is 203 Å². The van der Waals surface area contributed by atoms with E-state index in [-0.39, 0.29) is 33.8 Å². The molecular formula is C70H76BN3. The summed E-state index contributed by atoms with van der Waals surface area (Å²) in [5, 5.41) is 0. The molecule has 0 saturated heterocycles. The van der Waals surface area contributed by atoms with Crippen LogP contribution in [0.15, 0.2) is 164 Å². The second-order valence-corrected chi connectivity index (χ2v) is 26.3. The fourth-order valence-corrected chi connectivity index (χ4v) is 12.4. The van der Waals surface area contributed by atoms with E-state index in [1.165, 1.54) is 94.9 Å². The Balaban J connectivity index is 1.34. The van der Waals surface area contributed by atoms with Gasteiger partial charge in [-0.15, -0.1) is 0 Å². The van der Waals surface area contributed by atoms with Gasteiger partial charge < -0.3 is 14.7 Å². The van der Waals surface area contributed by atoms with Crippen LogP contribution in [0.1, 0.15) is 142 Å². The Labute approximate surface area is 444 Å². The van der Waals surface area contributed by atoms with Gasteiger partial charge in [0.25, 0.3) is 6.71 Å². The van der Waals surface area contributed by atoms with Crippen LogP contribution in [0.3, 0.4) is 0 Å². The van der Waals surface area contributed by atoms with Gasteiger partial charge in [-0.2, -0.15) is 0 Å². The summed E-state index contributed by atoms with van der Waals surface area (Å²) in [6.07, 6.45) is 2.28. The first-order valence-corrected chi connectivity index (χ1v) is 27.3. The molecule has 2 aliphatic heterocycles. The number of rotatable bonds is 6. The maximum atomic E-state index is 2.70. The highest BCUT2D eigenvalue weighted by Gasteiger charge is 2.47. The number of hydrogen-bond acceptors (Lipinski definition) is 3. The van der Waals surface area contributed by atoms with Gasteiger partial charge in [-0.25, -0.2) is 0 Å². The molecule has 3 aliphatic rings. The van der Waals surface area contributed by atoms with Crippen LogP contribution in [0.4, 0.5) is 51.2 Å². The summed E-state index contributed by atoms with van der Waals surface area (Å²) in [5.41, 5.74) is 26.5. The molecule has 0 radical (unpaired) electrons. The van der Waals surface area contributed by atoms with Crippen LogP contribution in [0.5, 0.6) is 0 Å². The van der Waals surface area contributed by atoms with Gasteiger partial charge in [0.2, 0.25) is 0 Å². The van der Waals surface area contributed by atoms with Gasteiger partial charge >= 0.3 is 0 Å². The van der Waals surface area contributed by atoms with E-state index in [0.717, 1.165) is 35.6 Å². The second kappa shape index (κ2) is 17.4. The highest BCUT2D eigenvalue weighted by atomic mass is 15.2. The third-order valence-electron chi connectivity index (χ3n) is 17.0. The van der Waals surface area contributed by atoms with Crippen molar-refractivity contribution in [1.29, 1.82) is 0 Å². The first-order valence-electron chi connectivity index (χ1n) is 27.3. The zero-order chi connectivity index (χ0) is 52.4. The van der Waals surface area contributed by atoms with E-state index in [2.05, 4.69) is 282 Å². The average molecular weight is 970 g/mol.